The summed E-state index contributed by atoms with van der Waals surface area (Å²) in [7, 11) is 0. The molecule has 1 rings (SSSR count). The van der Waals surface area contributed by atoms with Crippen LogP contribution in [0.2, 0.25) is 0 Å². The molecule has 0 aromatic heterocycles. The van der Waals surface area contributed by atoms with E-state index in [2.05, 4.69) is 19.1 Å². The van der Waals surface area contributed by atoms with Crippen molar-refractivity contribution >= 4 is 23.2 Å². The summed E-state index contributed by atoms with van der Waals surface area (Å²) < 4.78 is 0. The van der Waals surface area contributed by atoms with Crippen LogP contribution in [-0.2, 0) is 0 Å². The van der Waals surface area contributed by atoms with Crippen molar-refractivity contribution in [2.75, 3.05) is 0 Å². The minimum atomic E-state index is -0.308. The maximum absolute atomic E-state index is 5.84. The van der Waals surface area contributed by atoms with Crippen LogP contribution in [0.1, 0.15) is 24.8 Å². The first-order valence-electron chi connectivity index (χ1n) is 4.08. The summed E-state index contributed by atoms with van der Waals surface area (Å²) in [5.41, 5.74) is 1.22. The van der Waals surface area contributed by atoms with Crippen molar-refractivity contribution in [2.24, 2.45) is 0 Å². The van der Waals surface area contributed by atoms with Crippen LogP contribution in [-0.4, -0.2) is 4.84 Å². The maximum atomic E-state index is 5.84. The Hall–Kier alpha value is -0.200. The van der Waals surface area contributed by atoms with Crippen molar-refractivity contribution < 1.29 is 0 Å². The van der Waals surface area contributed by atoms with Gasteiger partial charge in [0.2, 0.25) is 0 Å². The SMILES string of the molecule is CCC(c1ccccc1)C(Cl)Cl. The molecule has 1 aromatic rings. The molecule has 0 spiro atoms. The van der Waals surface area contributed by atoms with Crippen LogP contribution in [0.15, 0.2) is 30.3 Å². The molecule has 0 amide bonds. The molecule has 0 aliphatic rings. The van der Waals surface area contributed by atoms with E-state index in [1.165, 1.54) is 5.56 Å². The minimum absolute atomic E-state index is 0.259. The van der Waals surface area contributed by atoms with Gasteiger partial charge in [-0.1, -0.05) is 37.3 Å². The standard InChI is InChI=1S/C10H12Cl2/c1-2-9(10(11)12)8-6-4-3-5-7-8/h3-7,9-10H,2H2,1H3. The molecule has 66 valence electrons. The van der Waals surface area contributed by atoms with Gasteiger partial charge in [0.15, 0.2) is 0 Å². The van der Waals surface area contributed by atoms with Crippen molar-refractivity contribution in [3.8, 4) is 0 Å². The first-order valence-corrected chi connectivity index (χ1v) is 4.96. The summed E-state index contributed by atoms with van der Waals surface area (Å²) in [6, 6.07) is 10.1. The third-order valence-electron chi connectivity index (χ3n) is 1.97. The second-order valence-corrected chi connectivity index (χ2v) is 3.92. The lowest BCUT2D eigenvalue weighted by Gasteiger charge is -2.15. The Morgan fingerprint density at radius 3 is 2.17 bits per heavy atom. The molecule has 1 unspecified atom stereocenters. The Morgan fingerprint density at radius 1 is 1.17 bits per heavy atom. The molecule has 0 aliphatic heterocycles. The molecule has 0 saturated carbocycles. The van der Waals surface area contributed by atoms with Gasteiger partial charge in [-0.05, 0) is 12.0 Å². The van der Waals surface area contributed by atoms with Crippen LogP contribution in [0.25, 0.3) is 0 Å². The lowest BCUT2D eigenvalue weighted by molar-refractivity contribution is 0.711. The fourth-order valence-electron chi connectivity index (χ4n) is 1.26. The highest BCUT2D eigenvalue weighted by Gasteiger charge is 2.15. The molecule has 12 heavy (non-hydrogen) atoms. The zero-order valence-electron chi connectivity index (χ0n) is 7.00. The van der Waals surface area contributed by atoms with Crippen molar-refractivity contribution in [3.05, 3.63) is 35.9 Å². The largest absolute Gasteiger partial charge is 0.114 e. The monoisotopic (exact) mass is 202 g/mol. The highest BCUT2D eigenvalue weighted by Crippen LogP contribution is 2.28. The van der Waals surface area contributed by atoms with Crippen molar-refractivity contribution in [1.29, 1.82) is 0 Å². The molecule has 0 fully saturated rings. The minimum Gasteiger partial charge on any atom is -0.105 e. The molecule has 0 aliphatic carbocycles. The summed E-state index contributed by atoms with van der Waals surface area (Å²) in [5, 5.41) is 0. The predicted molar refractivity (Wildman–Crippen MR) is 55.0 cm³/mol. The second-order valence-electron chi connectivity index (χ2n) is 2.76. The molecule has 0 saturated heterocycles. The quantitative estimate of drug-likeness (QED) is 0.651. The average Bonchev–Trinajstić information content (AvgIpc) is 2.07. The van der Waals surface area contributed by atoms with Crippen LogP contribution in [0.5, 0.6) is 0 Å². The normalized spacial score (nSPS) is 13.3. The molecule has 0 N–H and O–H groups in total. The van der Waals surface area contributed by atoms with Gasteiger partial charge in [0.25, 0.3) is 0 Å². The van der Waals surface area contributed by atoms with E-state index in [1.54, 1.807) is 0 Å². The van der Waals surface area contributed by atoms with Crippen LogP contribution < -0.4 is 0 Å². The van der Waals surface area contributed by atoms with E-state index < -0.39 is 0 Å². The molecule has 0 bridgehead atoms. The first kappa shape index (κ1) is 9.88. The Bertz CT molecular complexity index is 219. The van der Waals surface area contributed by atoms with Gasteiger partial charge in [0, 0.05) is 5.92 Å². The smallest absolute Gasteiger partial charge is 0.105 e. The Kier molecular flexibility index (Phi) is 3.90. The van der Waals surface area contributed by atoms with Crippen LogP contribution in [0, 0.1) is 0 Å². The molecule has 2 heteroatoms. The summed E-state index contributed by atoms with van der Waals surface area (Å²) in [6.45, 7) is 2.09. The van der Waals surface area contributed by atoms with Gasteiger partial charge in [-0.3, -0.25) is 0 Å². The molecule has 0 nitrogen and oxygen atoms in total. The van der Waals surface area contributed by atoms with Crippen molar-refractivity contribution in [3.63, 3.8) is 0 Å². The van der Waals surface area contributed by atoms with Gasteiger partial charge in [-0.25, -0.2) is 0 Å². The van der Waals surface area contributed by atoms with E-state index >= 15 is 0 Å². The van der Waals surface area contributed by atoms with Gasteiger partial charge in [-0.15, -0.1) is 23.2 Å². The van der Waals surface area contributed by atoms with E-state index in [4.69, 9.17) is 23.2 Å². The van der Waals surface area contributed by atoms with E-state index in [0.717, 1.165) is 6.42 Å². The zero-order valence-corrected chi connectivity index (χ0v) is 8.52. The lowest BCUT2D eigenvalue weighted by atomic mass is 9.99. The molecule has 1 aromatic carbocycles. The zero-order chi connectivity index (χ0) is 8.97. The first-order chi connectivity index (χ1) is 5.75. The number of rotatable bonds is 3. The lowest BCUT2D eigenvalue weighted by Crippen LogP contribution is -2.05. The van der Waals surface area contributed by atoms with E-state index in [0.29, 0.717) is 0 Å². The number of hydrogen-bond acceptors (Lipinski definition) is 0. The Morgan fingerprint density at radius 2 is 1.75 bits per heavy atom. The summed E-state index contributed by atoms with van der Waals surface area (Å²) in [4.78, 5) is -0.308. The Labute approximate surface area is 83.5 Å². The third kappa shape index (κ3) is 2.40. The Balaban J connectivity index is 2.80. The molecule has 0 heterocycles. The summed E-state index contributed by atoms with van der Waals surface area (Å²) in [5.74, 6) is 0.259. The third-order valence-corrected chi connectivity index (χ3v) is 2.58. The van der Waals surface area contributed by atoms with Crippen molar-refractivity contribution in [1.82, 2.24) is 0 Å². The van der Waals surface area contributed by atoms with Gasteiger partial charge in [0.05, 0.1) is 0 Å². The van der Waals surface area contributed by atoms with Gasteiger partial charge in [0.1, 0.15) is 4.84 Å². The molecular weight excluding hydrogens is 191 g/mol. The fourth-order valence-corrected chi connectivity index (χ4v) is 1.91. The maximum Gasteiger partial charge on any atom is 0.114 e. The molecular formula is C10H12Cl2. The highest BCUT2D eigenvalue weighted by molar-refractivity contribution is 6.44. The van der Waals surface area contributed by atoms with E-state index in [9.17, 15) is 0 Å². The van der Waals surface area contributed by atoms with Crippen LogP contribution in [0.3, 0.4) is 0 Å². The topological polar surface area (TPSA) is 0 Å². The highest BCUT2D eigenvalue weighted by atomic mass is 35.5. The van der Waals surface area contributed by atoms with E-state index in [-0.39, 0.29) is 10.8 Å². The number of alkyl halides is 2. The fraction of sp³-hybridized carbons (Fsp3) is 0.400. The van der Waals surface area contributed by atoms with Crippen LogP contribution >= 0.6 is 23.2 Å². The molecule has 0 radical (unpaired) electrons. The molecule has 1 atom stereocenters. The van der Waals surface area contributed by atoms with Gasteiger partial charge in [-0.2, -0.15) is 0 Å². The van der Waals surface area contributed by atoms with Gasteiger partial charge >= 0.3 is 0 Å². The number of hydrogen-bond donors (Lipinski definition) is 0. The van der Waals surface area contributed by atoms with Crippen molar-refractivity contribution in [2.45, 2.75) is 24.1 Å². The van der Waals surface area contributed by atoms with E-state index in [1.807, 2.05) is 18.2 Å². The van der Waals surface area contributed by atoms with Crippen LogP contribution in [0.4, 0.5) is 0 Å². The number of benzene rings is 1. The number of halogens is 2. The summed E-state index contributed by atoms with van der Waals surface area (Å²) >= 11 is 11.7. The summed E-state index contributed by atoms with van der Waals surface area (Å²) in [6.07, 6.45) is 0.974. The average molecular weight is 203 g/mol. The van der Waals surface area contributed by atoms with Gasteiger partial charge < -0.3 is 0 Å². The second kappa shape index (κ2) is 4.74. The predicted octanol–water partition coefficient (Wildman–Crippen LogP) is 3.98.